The zero-order chi connectivity index (χ0) is 21.1. The molecule has 1 aliphatic heterocycles. The van der Waals surface area contributed by atoms with Gasteiger partial charge in [0.05, 0.1) is 12.9 Å². The SMILES string of the molecule is CCOc1ccc(NC(=O)c2cc(-c3ccco3)on2)cc1S(=O)(=O)N1CCCC1. The third-order valence-corrected chi connectivity index (χ3v) is 6.61. The molecule has 4 rings (SSSR count). The molecule has 0 atom stereocenters. The number of nitrogens with zero attached hydrogens (tertiary/aromatic N) is 2. The molecule has 1 saturated heterocycles. The van der Waals surface area contributed by atoms with Crippen molar-refractivity contribution in [1.29, 1.82) is 0 Å². The van der Waals surface area contributed by atoms with Crippen molar-refractivity contribution in [2.45, 2.75) is 24.7 Å². The molecular weight excluding hydrogens is 410 g/mol. The predicted molar refractivity (Wildman–Crippen MR) is 108 cm³/mol. The average Bonchev–Trinajstić information content (AvgIpc) is 3.51. The number of rotatable bonds is 7. The van der Waals surface area contributed by atoms with Crippen molar-refractivity contribution in [3.8, 4) is 17.3 Å². The topological polar surface area (TPSA) is 115 Å². The molecule has 1 aromatic carbocycles. The Morgan fingerprint density at radius 2 is 2.00 bits per heavy atom. The lowest BCUT2D eigenvalue weighted by Gasteiger charge is -2.19. The van der Waals surface area contributed by atoms with E-state index in [1.807, 2.05) is 0 Å². The quantitative estimate of drug-likeness (QED) is 0.610. The molecule has 0 saturated carbocycles. The molecule has 3 aromatic rings. The first kappa shape index (κ1) is 20.2. The van der Waals surface area contributed by atoms with Crippen LogP contribution < -0.4 is 10.1 Å². The van der Waals surface area contributed by atoms with Gasteiger partial charge in [0.2, 0.25) is 15.8 Å². The summed E-state index contributed by atoms with van der Waals surface area (Å²) >= 11 is 0. The van der Waals surface area contributed by atoms with Crippen LogP contribution in [0.5, 0.6) is 5.75 Å². The van der Waals surface area contributed by atoms with E-state index in [9.17, 15) is 13.2 Å². The van der Waals surface area contributed by atoms with Gasteiger partial charge in [-0.05, 0) is 50.1 Å². The molecule has 9 nitrogen and oxygen atoms in total. The Morgan fingerprint density at radius 1 is 1.20 bits per heavy atom. The largest absolute Gasteiger partial charge is 0.492 e. The normalized spacial score (nSPS) is 14.7. The van der Waals surface area contributed by atoms with Gasteiger partial charge in [0.15, 0.2) is 11.5 Å². The van der Waals surface area contributed by atoms with Gasteiger partial charge >= 0.3 is 0 Å². The smallest absolute Gasteiger partial charge is 0.277 e. The highest BCUT2D eigenvalue weighted by Crippen LogP contribution is 2.32. The average molecular weight is 431 g/mol. The Balaban J connectivity index is 1.59. The summed E-state index contributed by atoms with van der Waals surface area (Å²) in [4.78, 5) is 12.6. The van der Waals surface area contributed by atoms with Crippen LogP contribution in [0.2, 0.25) is 0 Å². The lowest BCUT2D eigenvalue weighted by atomic mass is 10.2. The Hall–Kier alpha value is -3.11. The number of hydrogen-bond acceptors (Lipinski definition) is 7. The summed E-state index contributed by atoms with van der Waals surface area (Å²) in [6, 6.07) is 9.36. The number of aromatic nitrogens is 1. The van der Waals surface area contributed by atoms with Crippen LogP contribution in [-0.4, -0.2) is 43.5 Å². The Labute approximate surface area is 173 Å². The van der Waals surface area contributed by atoms with E-state index in [0.717, 1.165) is 12.8 Å². The highest BCUT2D eigenvalue weighted by molar-refractivity contribution is 7.89. The number of amides is 1. The number of benzene rings is 1. The zero-order valence-corrected chi connectivity index (χ0v) is 17.1. The Bertz CT molecular complexity index is 1130. The highest BCUT2D eigenvalue weighted by atomic mass is 32.2. The van der Waals surface area contributed by atoms with Gasteiger partial charge in [0, 0.05) is 24.8 Å². The van der Waals surface area contributed by atoms with Crippen molar-refractivity contribution in [2.24, 2.45) is 0 Å². The second-order valence-electron chi connectivity index (χ2n) is 6.71. The van der Waals surface area contributed by atoms with E-state index in [0.29, 0.717) is 36.9 Å². The van der Waals surface area contributed by atoms with E-state index < -0.39 is 15.9 Å². The second-order valence-corrected chi connectivity index (χ2v) is 8.62. The molecule has 158 valence electrons. The van der Waals surface area contributed by atoms with Gasteiger partial charge in [0.25, 0.3) is 5.91 Å². The van der Waals surface area contributed by atoms with Crippen LogP contribution in [0.15, 0.2) is 56.5 Å². The fourth-order valence-electron chi connectivity index (χ4n) is 3.24. The minimum Gasteiger partial charge on any atom is -0.492 e. The van der Waals surface area contributed by atoms with Crippen LogP contribution in [0.3, 0.4) is 0 Å². The third kappa shape index (κ3) is 3.96. The highest BCUT2D eigenvalue weighted by Gasteiger charge is 2.30. The molecule has 10 heteroatoms. The van der Waals surface area contributed by atoms with Crippen molar-refractivity contribution in [2.75, 3.05) is 25.0 Å². The van der Waals surface area contributed by atoms with Crippen molar-refractivity contribution >= 4 is 21.6 Å². The molecule has 1 N–H and O–H groups in total. The summed E-state index contributed by atoms with van der Waals surface area (Å²) in [6.07, 6.45) is 3.13. The van der Waals surface area contributed by atoms with Crippen LogP contribution in [0.4, 0.5) is 5.69 Å². The molecule has 1 aliphatic rings. The summed E-state index contributed by atoms with van der Waals surface area (Å²) in [5.41, 5.74) is 0.350. The summed E-state index contributed by atoms with van der Waals surface area (Å²) in [5, 5.41) is 6.41. The number of furan rings is 1. The Kier molecular flexibility index (Phi) is 5.60. The maximum Gasteiger partial charge on any atom is 0.277 e. The van der Waals surface area contributed by atoms with Crippen LogP contribution in [0.25, 0.3) is 11.5 Å². The maximum absolute atomic E-state index is 13.1. The maximum atomic E-state index is 13.1. The van der Waals surface area contributed by atoms with Gasteiger partial charge in [-0.3, -0.25) is 4.79 Å². The standard InChI is InChI=1S/C20H21N3O6S/c1-2-27-17-8-7-14(12-19(17)30(25,26)23-9-3-4-10-23)21-20(24)15-13-18(29-22-15)16-6-5-11-28-16/h5-8,11-13H,2-4,9-10H2,1H3,(H,21,24). The minimum atomic E-state index is -3.73. The van der Waals surface area contributed by atoms with E-state index in [-0.39, 0.29) is 16.3 Å². The van der Waals surface area contributed by atoms with E-state index in [1.165, 1.54) is 22.7 Å². The van der Waals surface area contributed by atoms with Crippen molar-refractivity contribution in [3.05, 3.63) is 48.4 Å². The van der Waals surface area contributed by atoms with Crippen LogP contribution >= 0.6 is 0 Å². The number of nitrogens with one attached hydrogen (secondary N) is 1. The molecular formula is C20H21N3O6S. The summed E-state index contributed by atoms with van der Waals surface area (Å²) in [6.45, 7) is 3.05. The van der Waals surface area contributed by atoms with Crippen molar-refractivity contribution < 1.29 is 26.9 Å². The predicted octanol–water partition coefficient (Wildman–Crippen LogP) is 3.37. The summed E-state index contributed by atoms with van der Waals surface area (Å²) < 4.78 is 43.4. The van der Waals surface area contributed by atoms with Gasteiger partial charge in [0.1, 0.15) is 10.6 Å². The molecule has 2 aromatic heterocycles. The third-order valence-electron chi connectivity index (χ3n) is 4.69. The van der Waals surface area contributed by atoms with Gasteiger partial charge in [-0.25, -0.2) is 8.42 Å². The molecule has 0 radical (unpaired) electrons. The fraction of sp³-hybridized carbons (Fsp3) is 0.300. The fourth-order valence-corrected chi connectivity index (χ4v) is 4.92. The number of anilines is 1. The summed E-state index contributed by atoms with van der Waals surface area (Å²) in [5.74, 6) is 0.477. The van der Waals surface area contributed by atoms with Crippen molar-refractivity contribution in [3.63, 3.8) is 0 Å². The number of ether oxygens (including phenoxy) is 1. The number of carbonyl (C=O) groups excluding carboxylic acids is 1. The van der Waals surface area contributed by atoms with E-state index in [2.05, 4.69) is 10.5 Å². The van der Waals surface area contributed by atoms with E-state index in [4.69, 9.17) is 13.7 Å². The lowest BCUT2D eigenvalue weighted by Crippen LogP contribution is -2.28. The lowest BCUT2D eigenvalue weighted by molar-refractivity contribution is 0.101. The first-order valence-corrected chi connectivity index (χ1v) is 11.0. The first-order chi connectivity index (χ1) is 14.5. The second kappa shape index (κ2) is 8.33. The van der Waals surface area contributed by atoms with E-state index >= 15 is 0 Å². The number of sulfonamides is 1. The number of carbonyl (C=O) groups is 1. The minimum absolute atomic E-state index is 0.0282. The van der Waals surface area contributed by atoms with E-state index in [1.54, 1.807) is 31.2 Å². The Morgan fingerprint density at radius 3 is 2.70 bits per heavy atom. The summed E-state index contributed by atoms with van der Waals surface area (Å²) in [7, 11) is -3.73. The molecule has 0 spiro atoms. The molecule has 1 fully saturated rings. The molecule has 0 bridgehead atoms. The van der Waals surface area contributed by atoms with Crippen LogP contribution in [0, 0.1) is 0 Å². The van der Waals surface area contributed by atoms with Crippen molar-refractivity contribution in [1.82, 2.24) is 9.46 Å². The van der Waals surface area contributed by atoms with Crippen LogP contribution in [-0.2, 0) is 10.0 Å². The molecule has 1 amide bonds. The molecule has 0 unspecified atom stereocenters. The zero-order valence-electron chi connectivity index (χ0n) is 16.3. The number of hydrogen-bond donors (Lipinski definition) is 1. The van der Waals surface area contributed by atoms with Crippen LogP contribution in [0.1, 0.15) is 30.3 Å². The monoisotopic (exact) mass is 431 g/mol. The first-order valence-electron chi connectivity index (χ1n) is 9.58. The van der Waals surface area contributed by atoms with Gasteiger partial charge < -0.3 is 19.0 Å². The van der Waals surface area contributed by atoms with Gasteiger partial charge in [-0.1, -0.05) is 5.16 Å². The molecule has 3 heterocycles. The van der Waals surface area contributed by atoms with Gasteiger partial charge in [-0.15, -0.1) is 0 Å². The van der Waals surface area contributed by atoms with Gasteiger partial charge in [-0.2, -0.15) is 4.31 Å². The molecule has 30 heavy (non-hydrogen) atoms. The molecule has 0 aliphatic carbocycles.